The number of hydroxylamine groups is 3. The molecule has 0 heterocycles. The van der Waals surface area contributed by atoms with Crippen LogP contribution in [0.25, 0.3) is 0 Å². The van der Waals surface area contributed by atoms with Crippen molar-refractivity contribution in [1.29, 1.82) is 0 Å². The van der Waals surface area contributed by atoms with E-state index in [0.717, 1.165) is 4.72 Å². The number of hydrogen-bond acceptors (Lipinski definition) is 3. The third kappa shape index (κ3) is 4.66. The molecule has 0 radical (unpaired) electrons. The van der Waals surface area contributed by atoms with Gasteiger partial charge in [-0.05, 0) is 0 Å². The summed E-state index contributed by atoms with van der Waals surface area (Å²) >= 11 is 0. The van der Waals surface area contributed by atoms with E-state index in [0.29, 0.717) is 0 Å². The second kappa shape index (κ2) is 5.85. The molecule has 0 rings (SSSR count). The summed E-state index contributed by atoms with van der Waals surface area (Å²) in [5.41, 5.74) is 0. The summed E-state index contributed by atoms with van der Waals surface area (Å²) in [7, 11) is -3.76. The molecule has 21 heavy (non-hydrogen) atoms. The van der Waals surface area contributed by atoms with Crippen LogP contribution in [0, 0.1) is 0 Å². The van der Waals surface area contributed by atoms with Crippen LogP contribution in [0.4, 0.5) is 30.7 Å². The molecule has 0 saturated carbocycles. The van der Waals surface area contributed by atoms with Crippen molar-refractivity contribution >= 4 is 10.0 Å². The summed E-state index contributed by atoms with van der Waals surface area (Å²) in [4.78, 5) is 0. The Morgan fingerprint density at radius 1 is 1.05 bits per heavy atom. The third-order valence-electron chi connectivity index (χ3n) is 2.23. The zero-order chi connectivity index (χ0) is 17.3. The highest BCUT2D eigenvalue weighted by atomic mass is 32.2. The largest absolute Gasteiger partial charge is 0.461 e. The molecule has 0 unspecified atom stereocenters. The SMILES string of the molecule is C[N+](C)(O)CCCNS(=O)(=O)C(F)(F)C(F)(F)C(F)(F)F. The molecule has 0 aliphatic heterocycles. The van der Waals surface area contributed by atoms with Gasteiger partial charge in [0.15, 0.2) is 0 Å². The summed E-state index contributed by atoms with van der Waals surface area (Å²) in [5, 5.41) is 2.83. The van der Waals surface area contributed by atoms with Crippen molar-refractivity contribution in [3.8, 4) is 0 Å². The van der Waals surface area contributed by atoms with Gasteiger partial charge >= 0.3 is 17.4 Å². The quantitative estimate of drug-likeness (QED) is 0.317. The fraction of sp³-hybridized carbons (Fsp3) is 1.00. The Balaban J connectivity index is 4.99. The Kier molecular flexibility index (Phi) is 5.67. The summed E-state index contributed by atoms with van der Waals surface area (Å²) in [6, 6.07) is 0. The monoisotopic (exact) mass is 351 g/mol. The summed E-state index contributed by atoms with van der Waals surface area (Å²) in [6.07, 6.45) is -6.99. The van der Waals surface area contributed by atoms with Crippen LogP contribution in [-0.2, 0) is 10.0 Å². The minimum atomic E-state index is -6.74. The second-order valence-corrected chi connectivity index (χ2v) is 6.49. The van der Waals surface area contributed by atoms with Gasteiger partial charge in [-0.3, -0.25) is 0 Å². The van der Waals surface area contributed by atoms with Crippen LogP contribution in [0.1, 0.15) is 6.42 Å². The van der Waals surface area contributed by atoms with Crippen LogP contribution in [0.15, 0.2) is 0 Å². The first kappa shape index (κ1) is 20.3. The van der Waals surface area contributed by atoms with Crippen molar-refractivity contribution in [1.82, 2.24) is 4.72 Å². The maximum Gasteiger partial charge on any atom is 0.461 e. The van der Waals surface area contributed by atoms with Gasteiger partial charge in [0.1, 0.15) is 6.54 Å². The number of nitrogens with one attached hydrogen (secondary N) is 1. The number of nitrogens with zero attached hydrogens (tertiary/aromatic N) is 1. The number of sulfonamides is 1. The van der Waals surface area contributed by atoms with Gasteiger partial charge in [0.25, 0.3) is 10.0 Å². The number of alkyl halides is 7. The van der Waals surface area contributed by atoms with Gasteiger partial charge in [0.05, 0.1) is 14.1 Å². The average Bonchev–Trinajstić information content (AvgIpc) is 2.21. The molecule has 5 nitrogen and oxygen atoms in total. The van der Waals surface area contributed by atoms with Crippen LogP contribution in [0.2, 0.25) is 0 Å². The predicted molar refractivity (Wildman–Crippen MR) is 56.3 cm³/mol. The van der Waals surface area contributed by atoms with Gasteiger partial charge in [-0.25, -0.2) is 18.3 Å². The lowest BCUT2D eigenvalue weighted by molar-refractivity contribution is -1.07. The van der Waals surface area contributed by atoms with Crippen LogP contribution in [0.3, 0.4) is 0 Å². The van der Waals surface area contributed by atoms with E-state index in [4.69, 9.17) is 0 Å². The zero-order valence-electron chi connectivity index (χ0n) is 10.9. The van der Waals surface area contributed by atoms with E-state index in [1.165, 1.54) is 14.1 Å². The van der Waals surface area contributed by atoms with E-state index < -0.39 is 38.6 Å². The molecule has 0 saturated heterocycles. The number of quaternary nitrogens is 1. The molecule has 0 aliphatic rings. The van der Waals surface area contributed by atoms with Gasteiger partial charge in [-0.2, -0.15) is 35.4 Å². The van der Waals surface area contributed by atoms with Crippen LogP contribution >= 0.6 is 0 Å². The second-order valence-electron chi connectivity index (χ2n) is 4.68. The molecule has 0 bridgehead atoms. The molecule has 0 aliphatic carbocycles. The lowest BCUT2D eigenvalue weighted by atomic mass is 10.3. The van der Waals surface area contributed by atoms with Gasteiger partial charge in [-0.15, -0.1) is 0 Å². The van der Waals surface area contributed by atoms with E-state index >= 15 is 0 Å². The van der Waals surface area contributed by atoms with Gasteiger partial charge in [-0.1, -0.05) is 0 Å². The van der Waals surface area contributed by atoms with Crippen molar-refractivity contribution in [2.75, 3.05) is 27.2 Å². The van der Waals surface area contributed by atoms with Gasteiger partial charge in [0, 0.05) is 13.0 Å². The van der Waals surface area contributed by atoms with Crippen molar-refractivity contribution in [3.05, 3.63) is 0 Å². The lowest BCUT2D eigenvalue weighted by Crippen LogP contribution is -2.59. The maximum absolute atomic E-state index is 13.0. The lowest BCUT2D eigenvalue weighted by Gasteiger charge is -2.27. The van der Waals surface area contributed by atoms with E-state index in [1.54, 1.807) is 0 Å². The first-order valence-electron chi connectivity index (χ1n) is 5.33. The fourth-order valence-corrected chi connectivity index (χ4v) is 2.14. The van der Waals surface area contributed by atoms with E-state index in [-0.39, 0.29) is 13.0 Å². The Hall–Kier alpha value is -0.660. The summed E-state index contributed by atoms with van der Waals surface area (Å²) in [5.74, 6) is -6.74. The first-order valence-corrected chi connectivity index (χ1v) is 6.81. The molecule has 128 valence electrons. The molecule has 2 N–H and O–H groups in total. The number of halogens is 7. The Labute approximate surface area is 115 Å². The summed E-state index contributed by atoms with van der Waals surface area (Å²) in [6.45, 7) is -0.988. The standard InChI is InChI=1S/C8H14F7N2O3S/c1-17(2,18)5-3-4-16-21(19,20)8(14,15)6(9,10)7(11,12)13/h16,18H,3-5H2,1-2H3/q+1. The molecule has 0 aromatic rings. The molecule has 13 heteroatoms. The van der Waals surface area contributed by atoms with E-state index in [1.807, 2.05) is 0 Å². The van der Waals surface area contributed by atoms with E-state index in [2.05, 4.69) is 0 Å². The minimum absolute atomic E-state index is 0.149. The first-order chi connectivity index (χ1) is 8.96. The van der Waals surface area contributed by atoms with Crippen molar-refractivity contribution in [2.45, 2.75) is 23.8 Å². The topological polar surface area (TPSA) is 66.4 Å². The van der Waals surface area contributed by atoms with Crippen LogP contribution in [0.5, 0.6) is 0 Å². The summed E-state index contributed by atoms with van der Waals surface area (Å²) < 4.78 is 109. The Bertz CT molecular complexity index is 455. The number of hydrogen-bond donors (Lipinski definition) is 2. The molecule has 0 amide bonds. The zero-order valence-corrected chi connectivity index (χ0v) is 11.7. The molecule has 0 atom stereocenters. The molecule has 0 aromatic heterocycles. The highest BCUT2D eigenvalue weighted by molar-refractivity contribution is 7.90. The van der Waals surface area contributed by atoms with Crippen molar-refractivity contribution in [2.24, 2.45) is 0 Å². The molecule has 0 aromatic carbocycles. The predicted octanol–water partition coefficient (Wildman–Crippen LogP) is 1.55. The molecule has 0 fully saturated rings. The smallest absolute Gasteiger partial charge is 0.217 e. The highest BCUT2D eigenvalue weighted by Crippen LogP contribution is 2.48. The fourth-order valence-electron chi connectivity index (χ4n) is 1.10. The van der Waals surface area contributed by atoms with Gasteiger partial charge in [0.2, 0.25) is 0 Å². The number of rotatable bonds is 7. The van der Waals surface area contributed by atoms with Crippen LogP contribution < -0.4 is 4.72 Å². The molecule has 0 spiro atoms. The van der Waals surface area contributed by atoms with Crippen molar-refractivity contribution in [3.63, 3.8) is 0 Å². The van der Waals surface area contributed by atoms with Crippen LogP contribution in [-0.4, -0.2) is 62.8 Å². The highest BCUT2D eigenvalue weighted by Gasteiger charge is 2.78. The molecular formula is C8H14F7N2O3S+. The Morgan fingerprint density at radius 2 is 1.48 bits per heavy atom. The van der Waals surface area contributed by atoms with E-state index in [9.17, 15) is 44.4 Å². The normalized spacial score (nSPS) is 15.3. The average molecular weight is 351 g/mol. The molecular weight excluding hydrogens is 337 g/mol. The third-order valence-corrected chi connectivity index (χ3v) is 3.75. The Morgan fingerprint density at radius 3 is 1.81 bits per heavy atom. The maximum atomic E-state index is 13.0. The minimum Gasteiger partial charge on any atom is -0.217 e. The van der Waals surface area contributed by atoms with Crippen molar-refractivity contribution < 1.29 is 49.0 Å². The van der Waals surface area contributed by atoms with Gasteiger partial charge < -0.3 is 0 Å².